The van der Waals surface area contributed by atoms with Crippen molar-refractivity contribution < 1.29 is 19.2 Å². The van der Waals surface area contributed by atoms with Crippen LogP contribution in [-0.2, 0) is 16.1 Å². The highest BCUT2D eigenvalue weighted by Gasteiger charge is 2.10. The van der Waals surface area contributed by atoms with Gasteiger partial charge in [-0.2, -0.15) is 0 Å². The van der Waals surface area contributed by atoms with Gasteiger partial charge in [-0.3, -0.25) is 9.59 Å². The largest absolute Gasteiger partial charge is 0.494 e. The van der Waals surface area contributed by atoms with E-state index in [1.54, 1.807) is 0 Å². The van der Waals surface area contributed by atoms with E-state index in [0.717, 1.165) is 22.8 Å². The molecule has 6 nitrogen and oxygen atoms in total. The molecule has 0 aliphatic carbocycles. The molecule has 0 aliphatic heterocycles. The monoisotopic (exact) mass is 280 g/mol. The number of amides is 2. The van der Waals surface area contributed by atoms with E-state index in [1.165, 1.54) is 0 Å². The zero-order chi connectivity index (χ0) is 15.0. The summed E-state index contributed by atoms with van der Waals surface area (Å²) in [6.07, 6.45) is 0. The Hall–Kier alpha value is -2.08. The molecule has 0 fully saturated rings. The predicted molar refractivity (Wildman–Crippen MR) is 75.3 cm³/mol. The van der Waals surface area contributed by atoms with Crippen molar-refractivity contribution in [1.29, 1.82) is 0 Å². The van der Waals surface area contributed by atoms with Crippen LogP contribution in [0.25, 0.3) is 0 Å². The van der Waals surface area contributed by atoms with Crippen LogP contribution in [0.1, 0.15) is 12.5 Å². The summed E-state index contributed by atoms with van der Waals surface area (Å²) >= 11 is 0. The third-order valence-electron chi connectivity index (χ3n) is 2.66. The van der Waals surface area contributed by atoms with Gasteiger partial charge < -0.3 is 20.7 Å². The quantitative estimate of drug-likeness (QED) is 0.553. The van der Waals surface area contributed by atoms with E-state index in [1.807, 2.05) is 38.2 Å². The summed E-state index contributed by atoms with van der Waals surface area (Å²) in [6.45, 7) is 3.48. The van der Waals surface area contributed by atoms with E-state index in [2.05, 4.69) is 5.32 Å². The first kappa shape index (κ1) is 16.0. The number of ether oxygens (including phenoxy) is 1. The average Bonchev–Trinajstić information content (AvgIpc) is 2.39. The van der Waals surface area contributed by atoms with Crippen LogP contribution in [0.5, 0.6) is 5.75 Å². The van der Waals surface area contributed by atoms with Gasteiger partial charge in [-0.15, -0.1) is 0 Å². The molecule has 1 aromatic rings. The predicted octanol–water partition coefficient (Wildman–Crippen LogP) is -1.30. The van der Waals surface area contributed by atoms with Crippen LogP contribution in [0, 0.1) is 0 Å². The fraction of sp³-hybridized carbons (Fsp3) is 0.429. The van der Waals surface area contributed by atoms with Crippen molar-refractivity contribution in [2.75, 3.05) is 26.7 Å². The lowest BCUT2D eigenvalue weighted by Gasteiger charge is -2.14. The molecule has 2 amide bonds. The maximum atomic E-state index is 11.5. The molecule has 0 saturated heterocycles. The van der Waals surface area contributed by atoms with Gasteiger partial charge in [-0.25, -0.2) is 0 Å². The third kappa shape index (κ3) is 6.19. The molecule has 20 heavy (non-hydrogen) atoms. The first-order valence-corrected chi connectivity index (χ1v) is 6.59. The SMILES string of the molecule is CCOc1ccc(C[NH+](C)CC(=O)NCC(N)=O)cc1. The number of hydrogen-bond donors (Lipinski definition) is 3. The summed E-state index contributed by atoms with van der Waals surface area (Å²) in [5.74, 6) is 0.114. The second kappa shape index (κ2) is 8.16. The zero-order valence-corrected chi connectivity index (χ0v) is 11.9. The molecule has 6 heteroatoms. The number of carbonyl (C=O) groups is 2. The average molecular weight is 280 g/mol. The Morgan fingerprint density at radius 1 is 1.30 bits per heavy atom. The van der Waals surface area contributed by atoms with Crippen LogP contribution in [-0.4, -0.2) is 38.6 Å². The molecular formula is C14H22N3O3+. The van der Waals surface area contributed by atoms with Crippen molar-refractivity contribution in [1.82, 2.24) is 5.32 Å². The Morgan fingerprint density at radius 2 is 1.95 bits per heavy atom. The van der Waals surface area contributed by atoms with Crippen molar-refractivity contribution in [3.05, 3.63) is 29.8 Å². The molecule has 1 aromatic carbocycles. The number of likely N-dealkylation sites (N-methyl/N-ethyl adjacent to an activating group) is 1. The van der Waals surface area contributed by atoms with Gasteiger partial charge in [-0.1, -0.05) is 0 Å². The standard InChI is InChI=1S/C14H21N3O3/c1-3-20-12-6-4-11(5-7-12)9-17(2)10-14(19)16-8-13(15)18/h4-7H,3,8-10H2,1-2H3,(H2,15,18)(H,16,19)/p+1. The topological polar surface area (TPSA) is 85.9 Å². The smallest absolute Gasteiger partial charge is 0.275 e. The van der Waals surface area contributed by atoms with Crippen LogP contribution < -0.4 is 20.7 Å². The van der Waals surface area contributed by atoms with Crippen molar-refractivity contribution in [2.24, 2.45) is 5.73 Å². The second-order valence-electron chi connectivity index (χ2n) is 4.63. The van der Waals surface area contributed by atoms with Crippen LogP contribution in [0.15, 0.2) is 24.3 Å². The van der Waals surface area contributed by atoms with Gasteiger partial charge in [0.25, 0.3) is 5.91 Å². The van der Waals surface area contributed by atoms with E-state index < -0.39 is 5.91 Å². The Bertz CT molecular complexity index is 445. The Labute approximate surface area is 118 Å². The molecule has 110 valence electrons. The molecule has 0 aromatic heterocycles. The summed E-state index contributed by atoms with van der Waals surface area (Å²) in [7, 11) is 1.92. The van der Waals surface area contributed by atoms with Gasteiger partial charge in [0.15, 0.2) is 6.54 Å². The molecule has 1 rings (SSSR count). The summed E-state index contributed by atoms with van der Waals surface area (Å²) in [5.41, 5.74) is 6.08. The molecule has 0 radical (unpaired) electrons. The number of hydrogen-bond acceptors (Lipinski definition) is 3. The van der Waals surface area contributed by atoms with E-state index in [0.29, 0.717) is 13.2 Å². The van der Waals surface area contributed by atoms with Gasteiger partial charge in [0, 0.05) is 5.56 Å². The summed E-state index contributed by atoms with van der Waals surface area (Å²) < 4.78 is 5.37. The lowest BCUT2D eigenvalue weighted by molar-refractivity contribution is -0.885. The number of nitrogens with two attached hydrogens (primary N) is 1. The lowest BCUT2D eigenvalue weighted by Crippen LogP contribution is -3.08. The number of nitrogens with one attached hydrogen (secondary N) is 2. The maximum absolute atomic E-state index is 11.5. The molecular weight excluding hydrogens is 258 g/mol. The van der Waals surface area contributed by atoms with Gasteiger partial charge in [0.1, 0.15) is 12.3 Å². The lowest BCUT2D eigenvalue weighted by atomic mass is 10.2. The fourth-order valence-electron chi connectivity index (χ4n) is 1.80. The molecule has 0 spiro atoms. The zero-order valence-electron chi connectivity index (χ0n) is 11.9. The molecule has 1 atom stereocenters. The van der Waals surface area contributed by atoms with E-state index in [-0.39, 0.29) is 12.5 Å². The molecule has 0 heterocycles. The van der Waals surface area contributed by atoms with Crippen LogP contribution in [0.3, 0.4) is 0 Å². The molecule has 0 bridgehead atoms. The highest BCUT2D eigenvalue weighted by Crippen LogP contribution is 2.11. The van der Waals surface area contributed by atoms with Crippen LogP contribution >= 0.6 is 0 Å². The first-order valence-electron chi connectivity index (χ1n) is 6.59. The van der Waals surface area contributed by atoms with Crippen molar-refractivity contribution >= 4 is 11.8 Å². The van der Waals surface area contributed by atoms with Gasteiger partial charge >= 0.3 is 0 Å². The van der Waals surface area contributed by atoms with E-state index in [4.69, 9.17) is 10.5 Å². The number of quaternary nitrogens is 1. The number of carbonyl (C=O) groups excluding carboxylic acids is 2. The first-order chi connectivity index (χ1) is 9.51. The van der Waals surface area contributed by atoms with E-state index >= 15 is 0 Å². The Balaban J connectivity index is 2.39. The minimum absolute atomic E-state index is 0.116. The highest BCUT2D eigenvalue weighted by molar-refractivity contribution is 5.84. The van der Waals surface area contributed by atoms with Gasteiger partial charge in [0.2, 0.25) is 5.91 Å². The minimum atomic E-state index is -0.539. The van der Waals surface area contributed by atoms with Crippen LogP contribution in [0.4, 0.5) is 0 Å². The molecule has 1 unspecified atom stereocenters. The third-order valence-corrected chi connectivity index (χ3v) is 2.66. The number of rotatable bonds is 8. The summed E-state index contributed by atoms with van der Waals surface area (Å²) in [4.78, 5) is 23.1. The maximum Gasteiger partial charge on any atom is 0.275 e. The Morgan fingerprint density at radius 3 is 2.50 bits per heavy atom. The van der Waals surface area contributed by atoms with Crippen molar-refractivity contribution in [3.8, 4) is 5.75 Å². The van der Waals surface area contributed by atoms with Crippen molar-refractivity contribution in [2.45, 2.75) is 13.5 Å². The summed E-state index contributed by atoms with van der Waals surface area (Å²) in [5, 5.41) is 2.47. The molecule has 0 saturated carbocycles. The second-order valence-corrected chi connectivity index (χ2v) is 4.63. The van der Waals surface area contributed by atoms with Crippen LogP contribution in [0.2, 0.25) is 0 Å². The van der Waals surface area contributed by atoms with E-state index in [9.17, 15) is 9.59 Å². The number of primary amides is 1. The van der Waals surface area contributed by atoms with Gasteiger partial charge in [0.05, 0.1) is 20.2 Å². The minimum Gasteiger partial charge on any atom is -0.494 e. The molecule has 4 N–H and O–H groups in total. The van der Waals surface area contributed by atoms with Crippen molar-refractivity contribution in [3.63, 3.8) is 0 Å². The highest BCUT2D eigenvalue weighted by atomic mass is 16.5. The number of benzene rings is 1. The Kier molecular flexibility index (Phi) is 6.52. The molecule has 0 aliphatic rings. The normalized spacial score (nSPS) is 11.7. The fourth-order valence-corrected chi connectivity index (χ4v) is 1.80. The summed E-state index contributed by atoms with van der Waals surface area (Å²) in [6, 6.07) is 7.80. The van der Waals surface area contributed by atoms with Gasteiger partial charge in [-0.05, 0) is 31.2 Å².